The number of rotatable bonds is 12. The molecule has 0 aliphatic heterocycles. The standard InChI is InChI=1S/C27H46N2O4/c1-9-10-22(27(5,6)19-23(26(2,3)4)25(33)28(7)8)20-11-13-21(14-12-20)24(32)29(15-17-30)16-18-31/h11-14,22-23,30-31H,9-10,15-19H2,1-8H3. The molecule has 0 aliphatic carbocycles. The number of carbonyl (C=O) groups excluding carboxylic acids is 2. The second-order valence-electron chi connectivity index (χ2n) is 11.0. The first-order valence-corrected chi connectivity index (χ1v) is 12.1. The number of carbonyl (C=O) groups is 2. The molecule has 0 aromatic heterocycles. The second kappa shape index (κ2) is 12.5. The van der Waals surface area contributed by atoms with Gasteiger partial charge in [-0.2, -0.15) is 0 Å². The number of hydrogen-bond acceptors (Lipinski definition) is 4. The number of aliphatic hydroxyl groups is 2. The maximum absolute atomic E-state index is 13.0. The van der Waals surface area contributed by atoms with Crippen molar-refractivity contribution in [1.82, 2.24) is 9.80 Å². The van der Waals surface area contributed by atoms with Crippen LogP contribution >= 0.6 is 0 Å². The smallest absolute Gasteiger partial charge is 0.254 e. The summed E-state index contributed by atoms with van der Waals surface area (Å²) in [5, 5.41) is 18.4. The van der Waals surface area contributed by atoms with E-state index < -0.39 is 0 Å². The number of aliphatic hydroxyl groups excluding tert-OH is 2. The van der Waals surface area contributed by atoms with E-state index in [1.807, 2.05) is 38.4 Å². The Balaban J connectivity index is 3.22. The molecule has 6 heteroatoms. The average Bonchev–Trinajstić information content (AvgIpc) is 2.74. The Bertz CT molecular complexity index is 744. The lowest BCUT2D eigenvalue weighted by Gasteiger charge is -2.42. The third-order valence-corrected chi connectivity index (χ3v) is 6.62. The molecule has 0 bridgehead atoms. The summed E-state index contributed by atoms with van der Waals surface area (Å²) in [5.74, 6) is 0.130. The average molecular weight is 463 g/mol. The minimum Gasteiger partial charge on any atom is -0.395 e. The lowest BCUT2D eigenvalue weighted by Crippen LogP contribution is -2.41. The van der Waals surface area contributed by atoms with Gasteiger partial charge in [0.15, 0.2) is 0 Å². The molecule has 2 N–H and O–H groups in total. The quantitative estimate of drug-likeness (QED) is 0.489. The summed E-state index contributed by atoms with van der Waals surface area (Å²) in [6.07, 6.45) is 2.80. The summed E-state index contributed by atoms with van der Waals surface area (Å²) in [7, 11) is 3.65. The molecule has 1 rings (SSSR count). The van der Waals surface area contributed by atoms with E-state index in [4.69, 9.17) is 0 Å². The van der Waals surface area contributed by atoms with Crippen LogP contribution in [0.15, 0.2) is 24.3 Å². The largest absolute Gasteiger partial charge is 0.395 e. The Morgan fingerprint density at radius 2 is 1.45 bits per heavy atom. The van der Waals surface area contributed by atoms with Gasteiger partial charge in [-0.1, -0.05) is 60.1 Å². The molecular weight excluding hydrogens is 416 g/mol. The third-order valence-electron chi connectivity index (χ3n) is 6.62. The molecule has 6 nitrogen and oxygen atoms in total. The molecule has 0 saturated carbocycles. The molecule has 1 aromatic carbocycles. The summed E-state index contributed by atoms with van der Waals surface area (Å²) in [6, 6.07) is 7.71. The van der Waals surface area contributed by atoms with Crippen molar-refractivity contribution in [3.8, 4) is 0 Å². The lowest BCUT2D eigenvalue weighted by atomic mass is 9.64. The number of amides is 2. The van der Waals surface area contributed by atoms with Gasteiger partial charge in [-0.05, 0) is 47.3 Å². The van der Waals surface area contributed by atoms with Crippen molar-refractivity contribution in [1.29, 1.82) is 0 Å². The van der Waals surface area contributed by atoms with Gasteiger partial charge in [0, 0.05) is 38.7 Å². The maximum Gasteiger partial charge on any atom is 0.254 e. The maximum atomic E-state index is 13.0. The molecule has 0 aliphatic rings. The Hall–Kier alpha value is -1.92. The van der Waals surface area contributed by atoms with E-state index in [0.717, 1.165) is 19.3 Å². The van der Waals surface area contributed by atoms with Gasteiger partial charge in [0.2, 0.25) is 5.91 Å². The molecule has 0 radical (unpaired) electrons. The van der Waals surface area contributed by atoms with Crippen LogP contribution in [0.1, 0.15) is 82.6 Å². The highest BCUT2D eigenvalue weighted by Crippen LogP contribution is 2.47. The van der Waals surface area contributed by atoms with Crippen LogP contribution in [0.25, 0.3) is 0 Å². The molecule has 0 spiro atoms. The van der Waals surface area contributed by atoms with Crippen molar-refractivity contribution < 1.29 is 19.8 Å². The van der Waals surface area contributed by atoms with Crippen LogP contribution < -0.4 is 0 Å². The van der Waals surface area contributed by atoms with Crippen LogP contribution in [-0.4, -0.2) is 72.2 Å². The molecule has 1 aromatic rings. The van der Waals surface area contributed by atoms with Crippen LogP contribution in [0.3, 0.4) is 0 Å². The van der Waals surface area contributed by atoms with Gasteiger partial charge in [-0.15, -0.1) is 0 Å². The van der Waals surface area contributed by atoms with Crippen LogP contribution in [0.5, 0.6) is 0 Å². The number of nitrogens with zero attached hydrogens (tertiary/aromatic N) is 2. The fourth-order valence-corrected chi connectivity index (χ4v) is 4.64. The van der Waals surface area contributed by atoms with Gasteiger partial charge in [-0.25, -0.2) is 0 Å². The molecule has 0 heterocycles. The van der Waals surface area contributed by atoms with E-state index in [1.165, 1.54) is 10.5 Å². The fraction of sp³-hybridized carbons (Fsp3) is 0.704. The molecule has 0 fully saturated rings. The Morgan fingerprint density at radius 3 is 1.85 bits per heavy atom. The highest BCUT2D eigenvalue weighted by atomic mass is 16.3. The van der Waals surface area contributed by atoms with Crippen LogP contribution in [0.2, 0.25) is 0 Å². The van der Waals surface area contributed by atoms with Gasteiger partial charge in [0.25, 0.3) is 5.91 Å². The van der Waals surface area contributed by atoms with Crippen LogP contribution in [0.4, 0.5) is 0 Å². The van der Waals surface area contributed by atoms with E-state index in [-0.39, 0.29) is 60.8 Å². The van der Waals surface area contributed by atoms with Crippen molar-refractivity contribution >= 4 is 11.8 Å². The van der Waals surface area contributed by atoms with E-state index in [2.05, 4.69) is 41.5 Å². The Morgan fingerprint density at radius 1 is 0.939 bits per heavy atom. The summed E-state index contributed by atoms with van der Waals surface area (Å²) in [5.41, 5.74) is 1.45. The molecule has 2 unspecified atom stereocenters. The number of hydrogen-bond donors (Lipinski definition) is 2. The van der Waals surface area contributed by atoms with Gasteiger partial charge in [-0.3, -0.25) is 9.59 Å². The van der Waals surface area contributed by atoms with Gasteiger partial charge in [0.05, 0.1) is 13.2 Å². The van der Waals surface area contributed by atoms with Gasteiger partial charge >= 0.3 is 0 Å². The zero-order chi connectivity index (χ0) is 25.4. The van der Waals surface area contributed by atoms with E-state index in [9.17, 15) is 19.8 Å². The predicted molar refractivity (Wildman–Crippen MR) is 134 cm³/mol. The minimum absolute atomic E-state index is 0.0896. The highest BCUT2D eigenvalue weighted by molar-refractivity contribution is 5.94. The Labute approximate surface area is 201 Å². The molecule has 188 valence electrons. The molecule has 2 amide bonds. The molecule has 33 heavy (non-hydrogen) atoms. The summed E-state index contributed by atoms with van der Waals surface area (Å²) in [4.78, 5) is 29.0. The topological polar surface area (TPSA) is 81.1 Å². The zero-order valence-corrected chi connectivity index (χ0v) is 22.0. The first-order valence-electron chi connectivity index (χ1n) is 12.1. The van der Waals surface area contributed by atoms with Crippen molar-refractivity contribution in [3.63, 3.8) is 0 Å². The molecule has 2 atom stereocenters. The third kappa shape index (κ3) is 8.11. The van der Waals surface area contributed by atoms with Crippen molar-refractivity contribution in [2.45, 2.75) is 66.7 Å². The molecular formula is C27H46N2O4. The highest BCUT2D eigenvalue weighted by Gasteiger charge is 2.40. The predicted octanol–water partition coefficient (Wildman–Crippen LogP) is 4.16. The minimum atomic E-state index is -0.194. The molecule has 0 saturated heterocycles. The monoisotopic (exact) mass is 462 g/mol. The van der Waals surface area contributed by atoms with E-state index >= 15 is 0 Å². The first-order chi connectivity index (χ1) is 15.3. The van der Waals surface area contributed by atoms with Crippen molar-refractivity contribution in [2.24, 2.45) is 16.7 Å². The summed E-state index contributed by atoms with van der Waals surface area (Å²) >= 11 is 0. The van der Waals surface area contributed by atoms with E-state index in [1.54, 1.807) is 4.90 Å². The summed E-state index contributed by atoms with van der Waals surface area (Å²) in [6.45, 7) is 13.2. The zero-order valence-electron chi connectivity index (χ0n) is 22.0. The SMILES string of the molecule is CCCC(c1ccc(C(=O)N(CCO)CCO)cc1)C(C)(C)CC(C(=O)N(C)C)C(C)(C)C. The van der Waals surface area contributed by atoms with Gasteiger partial charge in [0.1, 0.15) is 0 Å². The summed E-state index contributed by atoms with van der Waals surface area (Å²) < 4.78 is 0. The van der Waals surface area contributed by atoms with Gasteiger partial charge < -0.3 is 20.0 Å². The normalized spacial score (nSPS) is 14.0. The van der Waals surface area contributed by atoms with Crippen LogP contribution in [0, 0.1) is 16.7 Å². The Kier molecular flexibility index (Phi) is 11.0. The second-order valence-corrected chi connectivity index (χ2v) is 11.0. The van der Waals surface area contributed by atoms with Crippen LogP contribution in [-0.2, 0) is 4.79 Å². The fourth-order valence-electron chi connectivity index (χ4n) is 4.64. The van der Waals surface area contributed by atoms with Crippen molar-refractivity contribution in [2.75, 3.05) is 40.4 Å². The van der Waals surface area contributed by atoms with Crippen molar-refractivity contribution in [3.05, 3.63) is 35.4 Å². The number of benzene rings is 1. The lowest BCUT2D eigenvalue weighted by molar-refractivity contribution is -0.138. The first kappa shape index (κ1) is 29.1. The van der Waals surface area contributed by atoms with E-state index in [0.29, 0.717) is 5.56 Å².